The molecule has 0 saturated heterocycles. The molecule has 0 bridgehead atoms. The standard InChI is InChI=1S/C10H20O2Si/c1-7(2)10(11)12-13(8(3)4)9(5)6/h8-9,13H,1H2,2-6H3. The zero-order valence-electron chi connectivity index (χ0n) is 9.26. The van der Waals surface area contributed by atoms with Crippen molar-refractivity contribution in [1.82, 2.24) is 0 Å². The summed E-state index contributed by atoms with van der Waals surface area (Å²) in [7, 11) is -1.40. The third-order valence-corrected chi connectivity index (χ3v) is 5.02. The Bertz CT molecular complexity index is 189. The molecule has 0 amide bonds. The molecule has 0 aliphatic rings. The van der Waals surface area contributed by atoms with Crippen LogP contribution in [0.15, 0.2) is 12.2 Å². The summed E-state index contributed by atoms with van der Waals surface area (Å²) in [5.74, 6) is -0.223. The highest BCUT2D eigenvalue weighted by atomic mass is 28.3. The Morgan fingerprint density at radius 1 is 1.23 bits per heavy atom. The lowest BCUT2D eigenvalue weighted by Gasteiger charge is -2.22. The van der Waals surface area contributed by atoms with E-state index in [-0.39, 0.29) is 5.97 Å². The summed E-state index contributed by atoms with van der Waals surface area (Å²) >= 11 is 0. The van der Waals surface area contributed by atoms with E-state index in [1.165, 1.54) is 0 Å². The Balaban J connectivity index is 4.27. The molecule has 0 heterocycles. The predicted octanol–water partition coefficient (Wildman–Crippen LogP) is 2.65. The molecule has 3 heteroatoms. The van der Waals surface area contributed by atoms with Gasteiger partial charge in [-0.2, -0.15) is 0 Å². The quantitative estimate of drug-likeness (QED) is 0.515. The maximum atomic E-state index is 11.3. The first-order chi connectivity index (χ1) is 5.86. The third kappa shape index (κ3) is 4.27. The molecular weight excluding hydrogens is 180 g/mol. The first kappa shape index (κ1) is 12.4. The van der Waals surface area contributed by atoms with Crippen LogP contribution in [0.3, 0.4) is 0 Å². The summed E-state index contributed by atoms with van der Waals surface area (Å²) < 4.78 is 5.44. The molecule has 0 aromatic rings. The molecular formula is C10H20O2Si. The molecule has 0 unspecified atom stereocenters. The number of hydrogen-bond donors (Lipinski definition) is 0. The Kier molecular flexibility index (Phi) is 4.99. The molecule has 0 saturated carbocycles. The summed E-state index contributed by atoms with van der Waals surface area (Å²) in [6, 6.07) is 0. The zero-order valence-corrected chi connectivity index (χ0v) is 10.4. The summed E-state index contributed by atoms with van der Waals surface area (Å²) in [4.78, 5) is 11.3. The van der Waals surface area contributed by atoms with Gasteiger partial charge < -0.3 is 4.43 Å². The van der Waals surface area contributed by atoms with Crippen molar-refractivity contribution in [2.75, 3.05) is 0 Å². The lowest BCUT2D eigenvalue weighted by molar-refractivity contribution is -0.130. The fourth-order valence-corrected chi connectivity index (χ4v) is 3.80. The van der Waals surface area contributed by atoms with Gasteiger partial charge in [0.15, 0.2) is 0 Å². The van der Waals surface area contributed by atoms with Gasteiger partial charge in [-0.15, -0.1) is 0 Å². The largest absolute Gasteiger partial charge is 0.518 e. The van der Waals surface area contributed by atoms with E-state index in [2.05, 4.69) is 34.3 Å². The number of carbonyl (C=O) groups is 1. The average Bonchev–Trinajstić information content (AvgIpc) is 1.97. The maximum Gasteiger partial charge on any atom is 0.319 e. The van der Waals surface area contributed by atoms with Gasteiger partial charge in [0.25, 0.3) is 0 Å². The van der Waals surface area contributed by atoms with Crippen LogP contribution < -0.4 is 0 Å². The lowest BCUT2D eigenvalue weighted by atomic mass is 10.4. The fourth-order valence-electron chi connectivity index (χ4n) is 1.27. The van der Waals surface area contributed by atoms with Gasteiger partial charge in [-0.3, -0.25) is 0 Å². The monoisotopic (exact) mass is 200 g/mol. The molecule has 76 valence electrons. The van der Waals surface area contributed by atoms with Crippen molar-refractivity contribution in [3.05, 3.63) is 12.2 Å². The second kappa shape index (κ2) is 5.22. The van der Waals surface area contributed by atoms with Gasteiger partial charge in [0.2, 0.25) is 9.04 Å². The van der Waals surface area contributed by atoms with Crippen LogP contribution in [-0.4, -0.2) is 15.0 Å². The molecule has 0 aliphatic heterocycles. The highest BCUT2D eigenvalue weighted by Gasteiger charge is 2.24. The van der Waals surface area contributed by atoms with Crippen LogP contribution in [0.4, 0.5) is 0 Å². The minimum atomic E-state index is -1.40. The predicted molar refractivity (Wildman–Crippen MR) is 58.3 cm³/mol. The molecule has 0 atom stereocenters. The second-order valence-electron chi connectivity index (χ2n) is 4.14. The van der Waals surface area contributed by atoms with E-state index in [0.717, 1.165) is 0 Å². The molecule has 2 nitrogen and oxygen atoms in total. The SMILES string of the molecule is C=C(C)C(=O)O[SiH](C(C)C)C(C)C. The fraction of sp³-hybridized carbons (Fsp3) is 0.700. The van der Waals surface area contributed by atoms with Gasteiger partial charge in [0.1, 0.15) is 0 Å². The van der Waals surface area contributed by atoms with Crippen molar-refractivity contribution in [2.24, 2.45) is 0 Å². The Hall–Kier alpha value is -0.573. The van der Waals surface area contributed by atoms with Gasteiger partial charge in [0, 0.05) is 5.57 Å². The maximum absolute atomic E-state index is 11.3. The second-order valence-corrected chi connectivity index (χ2v) is 7.97. The van der Waals surface area contributed by atoms with E-state index in [4.69, 9.17) is 4.43 Å². The minimum absolute atomic E-state index is 0.223. The summed E-state index contributed by atoms with van der Waals surface area (Å²) in [6.07, 6.45) is 0. The van der Waals surface area contributed by atoms with E-state index < -0.39 is 9.04 Å². The van der Waals surface area contributed by atoms with Crippen LogP contribution in [0.2, 0.25) is 11.1 Å². The van der Waals surface area contributed by atoms with E-state index >= 15 is 0 Å². The smallest absolute Gasteiger partial charge is 0.319 e. The Labute approximate surface area is 82.7 Å². The van der Waals surface area contributed by atoms with Crippen molar-refractivity contribution in [2.45, 2.75) is 45.7 Å². The third-order valence-electron chi connectivity index (χ3n) is 1.91. The molecule has 0 aromatic carbocycles. The normalized spacial score (nSPS) is 11.1. The molecule has 0 radical (unpaired) electrons. The molecule has 0 spiro atoms. The van der Waals surface area contributed by atoms with Crippen LogP contribution >= 0.6 is 0 Å². The van der Waals surface area contributed by atoms with E-state index in [1.54, 1.807) is 6.92 Å². The number of rotatable bonds is 4. The Morgan fingerprint density at radius 2 is 1.62 bits per heavy atom. The Morgan fingerprint density at radius 3 is 1.85 bits per heavy atom. The lowest BCUT2D eigenvalue weighted by Crippen LogP contribution is -2.28. The van der Waals surface area contributed by atoms with Gasteiger partial charge in [-0.25, -0.2) is 4.79 Å². The number of carbonyl (C=O) groups excluding carboxylic acids is 1. The van der Waals surface area contributed by atoms with Crippen LogP contribution in [0.1, 0.15) is 34.6 Å². The van der Waals surface area contributed by atoms with E-state index in [9.17, 15) is 4.79 Å². The van der Waals surface area contributed by atoms with Gasteiger partial charge in [-0.05, 0) is 18.0 Å². The molecule has 0 aromatic heterocycles. The molecule has 0 fully saturated rings. The molecule has 0 N–H and O–H groups in total. The van der Waals surface area contributed by atoms with E-state index in [0.29, 0.717) is 16.7 Å². The van der Waals surface area contributed by atoms with Crippen molar-refractivity contribution in [3.8, 4) is 0 Å². The zero-order chi connectivity index (χ0) is 10.6. The molecule has 0 rings (SSSR count). The van der Waals surface area contributed by atoms with Gasteiger partial charge in [-0.1, -0.05) is 34.3 Å². The van der Waals surface area contributed by atoms with Crippen molar-refractivity contribution >= 4 is 15.0 Å². The van der Waals surface area contributed by atoms with Crippen LogP contribution in [-0.2, 0) is 9.22 Å². The van der Waals surface area contributed by atoms with Gasteiger partial charge >= 0.3 is 5.97 Å². The van der Waals surface area contributed by atoms with Gasteiger partial charge in [0.05, 0.1) is 0 Å². The summed E-state index contributed by atoms with van der Waals surface area (Å²) in [6.45, 7) is 13.7. The topological polar surface area (TPSA) is 26.3 Å². The average molecular weight is 200 g/mol. The van der Waals surface area contributed by atoms with Crippen molar-refractivity contribution < 1.29 is 9.22 Å². The van der Waals surface area contributed by atoms with Crippen LogP contribution in [0.25, 0.3) is 0 Å². The van der Waals surface area contributed by atoms with Crippen molar-refractivity contribution in [1.29, 1.82) is 0 Å². The van der Waals surface area contributed by atoms with E-state index in [1.807, 2.05) is 0 Å². The highest BCUT2D eigenvalue weighted by Crippen LogP contribution is 2.21. The van der Waals surface area contributed by atoms with Crippen LogP contribution in [0.5, 0.6) is 0 Å². The summed E-state index contributed by atoms with van der Waals surface area (Å²) in [5.41, 5.74) is 1.48. The summed E-state index contributed by atoms with van der Waals surface area (Å²) in [5, 5.41) is 0. The number of hydrogen-bond acceptors (Lipinski definition) is 2. The minimum Gasteiger partial charge on any atom is -0.518 e. The van der Waals surface area contributed by atoms with Crippen LogP contribution in [0, 0.1) is 0 Å². The first-order valence-electron chi connectivity index (χ1n) is 4.72. The molecule has 13 heavy (non-hydrogen) atoms. The van der Waals surface area contributed by atoms with Crippen molar-refractivity contribution in [3.63, 3.8) is 0 Å². The first-order valence-corrected chi connectivity index (χ1v) is 6.53. The molecule has 0 aliphatic carbocycles. The highest BCUT2D eigenvalue weighted by molar-refractivity contribution is 6.57.